The quantitative estimate of drug-likeness (QED) is 0.254. The van der Waals surface area contributed by atoms with Crippen LogP contribution in [-0.2, 0) is 6.54 Å². The number of guanidine groups is 1. The molecule has 0 aromatic heterocycles. The van der Waals surface area contributed by atoms with Gasteiger partial charge in [0.2, 0.25) is 0 Å². The van der Waals surface area contributed by atoms with Gasteiger partial charge in [0.15, 0.2) is 5.96 Å². The Balaban J connectivity index is 0.00000338. The summed E-state index contributed by atoms with van der Waals surface area (Å²) in [5, 5.41) is 7.96. The summed E-state index contributed by atoms with van der Waals surface area (Å²) in [5.41, 5.74) is 1.00. The van der Waals surface area contributed by atoms with E-state index in [1.54, 1.807) is 13.1 Å². The van der Waals surface area contributed by atoms with Gasteiger partial charge in [0, 0.05) is 56.4 Å². The highest BCUT2D eigenvalue weighted by Gasteiger charge is 2.12. The number of nitrogens with one attached hydrogen (secondary N) is 2. The molecule has 26 heavy (non-hydrogen) atoms. The molecule has 0 spiro atoms. The van der Waals surface area contributed by atoms with E-state index in [9.17, 15) is 0 Å². The molecule has 0 unspecified atom stereocenters. The fraction of sp³-hybridized carbons (Fsp3) is 0.611. The minimum atomic E-state index is 0. The summed E-state index contributed by atoms with van der Waals surface area (Å²) in [6.07, 6.45) is 2.34. The number of likely N-dealkylation sites (N-methyl/N-ethyl adjacent to an activating group) is 1. The van der Waals surface area contributed by atoms with Crippen LogP contribution in [0.5, 0.6) is 0 Å². The molecule has 1 aromatic rings. The van der Waals surface area contributed by atoms with Crippen LogP contribution < -0.4 is 10.6 Å². The highest BCUT2D eigenvalue weighted by atomic mass is 127. The molecule has 0 bridgehead atoms. The molecule has 8 heteroatoms. The van der Waals surface area contributed by atoms with Gasteiger partial charge in [-0.25, -0.2) is 0 Å². The summed E-state index contributed by atoms with van der Waals surface area (Å²) in [6.45, 7) is 7.47. The fourth-order valence-corrected chi connectivity index (χ4v) is 3.28. The van der Waals surface area contributed by atoms with Crippen LogP contribution in [0, 0.1) is 0 Å². The predicted molar refractivity (Wildman–Crippen MR) is 123 cm³/mol. The van der Waals surface area contributed by atoms with Crippen molar-refractivity contribution in [3.05, 3.63) is 33.8 Å². The lowest BCUT2D eigenvalue weighted by Gasteiger charge is -2.32. The van der Waals surface area contributed by atoms with Crippen molar-refractivity contribution in [1.82, 2.24) is 20.4 Å². The van der Waals surface area contributed by atoms with Crippen molar-refractivity contribution in [2.24, 2.45) is 4.99 Å². The first kappa shape index (κ1) is 23.8. The van der Waals surface area contributed by atoms with Crippen LogP contribution in [0.3, 0.4) is 0 Å². The van der Waals surface area contributed by atoms with Gasteiger partial charge >= 0.3 is 0 Å². The second kappa shape index (κ2) is 13.0. The van der Waals surface area contributed by atoms with E-state index in [0.29, 0.717) is 16.6 Å². The topological polar surface area (TPSA) is 42.9 Å². The molecule has 1 aromatic carbocycles. The van der Waals surface area contributed by atoms with Crippen LogP contribution in [0.1, 0.15) is 18.4 Å². The average molecular weight is 514 g/mol. The molecular weight excluding hydrogens is 484 g/mol. The van der Waals surface area contributed by atoms with Crippen LogP contribution in [0.4, 0.5) is 0 Å². The summed E-state index contributed by atoms with van der Waals surface area (Å²) in [6, 6.07) is 5.54. The zero-order valence-electron chi connectivity index (χ0n) is 15.6. The SMILES string of the molecule is CN=C(NCCCCN1CCN(C)CC1)NCc1ccc(Cl)cc1Cl.I. The molecule has 0 amide bonds. The number of hydrogen-bond donors (Lipinski definition) is 2. The largest absolute Gasteiger partial charge is 0.356 e. The maximum absolute atomic E-state index is 6.19. The number of piperazine rings is 1. The molecule has 1 aliphatic heterocycles. The van der Waals surface area contributed by atoms with Crippen LogP contribution in [0.25, 0.3) is 0 Å². The first-order valence-corrected chi connectivity index (χ1v) is 9.63. The van der Waals surface area contributed by atoms with E-state index < -0.39 is 0 Å². The molecule has 2 rings (SSSR count). The van der Waals surface area contributed by atoms with Gasteiger partial charge in [-0.3, -0.25) is 4.99 Å². The fourth-order valence-electron chi connectivity index (χ4n) is 2.80. The molecule has 1 fully saturated rings. The zero-order chi connectivity index (χ0) is 18.1. The number of aliphatic imine (C=N–C) groups is 1. The van der Waals surface area contributed by atoms with Gasteiger partial charge in [-0.2, -0.15) is 0 Å². The molecule has 1 aliphatic rings. The lowest BCUT2D eigenvalue weighted by Crippen LogP contribution is -2.44. The van der Waals surface area contributed by atoms with Crippen LogP contribution >= 0.6 is 47.2 Å². The Morgan fingerprint density at radius 2 is 1.85 bits per heavy atom. The van der Waals surface area contributed by atoms with Crippen LogP contribution in [0.15, 0.2) is 23.2 Å². The maximum atomic E-state index is 6.19. The van der Waals surface area contributed by atoms with E-state index in [4.69, 9.17) is 23.2 Å². The second-order valence-corrected chi connectivity index (χ2v) is 7.28. The highest BCUT2D eigenvalue weighted by molar-refractivity contribution is 14.0. The molecule has 1 saturated heterocycles. The third kappa shape index (κ3) is 8.61. The molecule has 1 heterocycles. The Hall–Kier alpha value is -0.280. The van der Waals surface area contributed by atoms with Crippen LogP contribution in [-0.4, -0.2) is 69.1 Å². The molecule has 2 N–H and O–H groups in total. The van der Waals surface area contributed by atoms with E-state index in [1.807, 2.05) is 12.1 Å². The molecular formula is C18H30Cl2IN5. The zero-order valence-corrected chi connectivity index (χ0v) is 19.4. The summed E-state index contributed by atoms with van der Waals surface area (Å²) in [5.74, 6) is 0.797. The standard InChI is InChI=1S/C18H29Cl2N5.HI/c1-21-18(23-14-15-5-6-16(19)13-17(15)20)22-7-3-4-8-25-11-9-24(2)10-12-25;/h5-6,13H,3-4,7-12,14H2,1-2H3,(H2,21,22,23);1H. The Morgan fingerprint density at radius 1 is 1.12 bits per heavy atom. The Labute approximate surface area is 184 Å². The minimum Gasteiger partial charge on any atom is -0.356 e. The number of nitrogens with zero attached hydrogens (tertiary/aromatic N) is 3. The summed E-state index contributed by atoms with van der Waals surface area (Å²) < 4.78 is 0. The predicted octanol–water partition coefficient (Wildman–Crippen LogP) is 3.30. The molecule has 0 radical (unpaired) electrons. The van der Waals surface area contributed by atoms with Gasteiger partial charge in [0.05, 0.1) is 0 Å². The number of rotatable bonds is 7. The molecule has 0 atom stereocenters. The summed E-state index contributed by atoms with van der Waals surface area (Å²) in [7, 11) is 3.97. The normalized spacial score (nSPS) is 16.2. The Bertz CT molecular complexity index is 563. The van der Waals surface area contributed by atoms with Crippen molar-refractivity contribution in [2.45, 2.75) is 19.4 Å². The van der Waals surface area contributed by atoms with E-state index in [-0.39, 0.29) is 24.0 Å². The van der Waals surface area contributed by atoms with E-state index in [2.05, 4.69) is 32.5 Å². The van der Waals surface area contributed by atoms with Gasteiger partial charge in [0.25, 0.3) is 0 Å². The van der Waals surface area contributed by atoms with Gasteiger partial charge in [-0.05, 0) is 44.1 Å². The molecule has 0 aliphatic carbocycles. The van der Waals surface area contributed by atoms with Crippen molar-refractivity contribution in [3.8, 4) is 0 Å². The molecule has 5 nitrogen and oxygen atoms in total. The third-order valence-electron chi connectivity index (χ3n) is 4.47. The van der Waals surface area contributed by atoms with E-state index in [1.165, 1.54) is 39.1 Å². The van der Waals surface area contributed by atoms with E-state index >= 15 is 0 Å². The van der Waals surface area contributed by atoms with Crippen molar-refractivity contribution in [3.63, 3.8) is 0 Å². The third-order valence-corrected chi connectivity index (χ3v) is 5.06. The smallest absolute Gasteiger partial charge is 0.191 e. The van der Waals surface area contributed by atoms with Crippen molar-refractivity contribution in [2.75, 3.05) is 53.4 Å². The second-order valence-electron chi connectivity index (χ2n) is 6.44. The maximum Gasteiger partial charge on any atom is 0.191 e. The lowest BCUT2D eigenvalue weighted by atomic mass is 10.2. The van der Waals surface area contributed by atoms with Gasteiger partial charge < -0.3 is 20.4 Å². The average Bonchev–Trinajstić information content (AvgIpc) is 2.60. The number of hydrogen-bond acceptors (Lipinski definition) is 3. The summed E-state index contributed by atoms with van der Waals surface area (Å²) >= 11 is 12.1. The van der Waals surface area contributed by atoms with Gasteiger partial charge in [0.1, 0.15) is 0 Å². The van der Waals surface area contributed by atoms with Crippen molar-refractivity contribution < 1.29 is 0 Å². The number of halogens is 3. The first-order chi connectivity index (χ1) is 12.1. The van der Waals surface area contributed by atoms with Crippen molar-refractivity contribution >= 4 is 53.1 Å². The number of unbranched alkanes of at least 4 members (excludes halogenated alkanes) is 1. The molecule has 148 valence electrons. The van der Waals surface area contributed by atoms with E-state index in [0.717, 1.165) is 24.5 Å². The van der Waals surface area contributed by atoms with Crippen LogP contribution in [0.2, 0.25) is 10.0 Å². The van der Waals surface area contributed by atoms with Gasteiger partial charge in [-0.1, -0.05) is 29.3 Å². The molecule has 0 saturated carbocycles. The van der Waals surface area contributed by atoms with Crippen molar-refractivity contribution in [1.29, 1.82) is 0 Å². The minimum absolute atomic E-state index is 0. The monoisotopic (exact) mass is 513 g/mol. The van der Waals surface area contributed by atoms with Gasteiger partial charge in [-0.15, -0.1) is 24.0 Å². The highest BCUT2D eigenvalue weighted by Crippen LogP contribution is 2.20. The Kier molecular flexibility index (Phi) is 11.9. The number of benzene rings is 1. The Morgan fingerprint density at radius 3 is 2.50 bits per heavy atom. The summed E-state index contributed by atoms with van der Waals surface area (Å²) in [4.78, 5) is 9.20. The lowest BCUT2D eigenvalue weighted by molar-refractivity contribution is 0.152. The first-order valence-electron chi connectivity index (χ1n) is 8.88.